The fraction of sp³-hybridized carbons (Fsp3) is 0.600. The van der Waals surface area contributed by atoms with Crippen LogP contribution in [0.3, 0.4) is 0 Å². The van der Waals surface area contributed by atoms with E-state index in [2.05, 4.69) is 21.2 Å². The zero-order valence-electron chi connectivity index (χ0n) is 12.0. The van der Waals surface area contributed by atoms with Crippen LogP contribution in [0.5, 0.6) is 11.5 Å². The lowest BCUT2D eigenvalue weighted by Crippen LogP contribution is -2.30. The lowest BCUT2D eigenvalue weighted by molar-refractivity contribution is 0.123. The molecule has 5 heteroatoms. The Hall–Kier alpha value is -0.780. The summed E-state index contributed by atoms with van der Waals surface area (Å²) in [6, 6.07) is 4.03. The summed E-state index contributed by atoms with van der Waals surface area (Å²) in [6.07, 6.45) is 0.578. The number of hydrogen-bond donors (Lipinski definition) is 2. The summed E-state index contributed by atoms with van der Waals surface area (Å²) in [6.45, 7) is 6.67. The number of rotatable bonds is 5. The van der Waals surface area contributed by atoms with Gasteiger partial charge in [-0.1, -0.05) is 13.8 Å². The van der Waals surface area contributed by atoms with E-state index >= 15 is 0 Å². The average Bonchev–Trinajstić information content (AvgIpc) is 2.64. The normalized spacial score (nSPS) is 16.1. The van der Waals surface area contributed by atoms with E-state index < -0.39 is 0 Å². The predicted octanol–water partition coefficient (Wildman–Crippen LogP) is 2.72. The molecule has 0 aromatic heterocycles. The molecular formula is C15H22BrNO3. The van der Waals surface area contributed by atoms with Crippen LogP contribution >= 0.6 is 15.9 Å². The second kappa shape index (κ2) is 7.29. The minimum atomic E-state index is -0.321. The van der Waals surface area contributed by atoms with Gasteiger partial charge in [-0.05, 0) is 39.5 Å². The molecule has 2 rings (SSSR count). The van der Waals surface area contributed by atoms with Crippen molar-refractivity contribution in [3.8, 4) is 11.5 Å². The van der Waals surface area contributed by atoms with Gasteiger partial charge in [-0.15, -0.1) is 0 Å². The smallest absolute Gasteiger partial charge is 0.175 e. The molecule has 1 aliphatic heterocycles. The Labute approximate surface area is 128 Å². The maximum absolute atomic E-state index is 9.77. The molecule has 2 N–H and O–H groups in total. The topological polar surface area (TPSA) is 50.7 Å². The van der Waals surface area contributed by atoms with E-state index in [1.165, 1.54) is 0 Å². The number of aliphatic hydroxyl groups is 1. The number of benzene rings is 1. The van der Waals surface area contributed by atoms with Gasteiger partial charge in [0.25, 0.3) is 0 Å². The molecular weight excluding hydrogens is 322 g/mol. The highest BCUT2D eigenvalue weighted by molar-refractivity contribution is 9.10. The van der Waals surface area contributed by atoms with Gasteiger partial charge in [-0.3, -0.25) is 0 Å². The van der Waals surface area contributed by atoms with Crippen molar-refractivity contribution in [2.45, 2.75) is 32.9 Å². The van der Waals surface area contributed by atoms with Gasteiger partial charge in [0.05, 0.1) is 23.8 Å². The quantitative estimate of drug-likeness (QED) is 0.862. The molecule has 0 radical (unpaired) electrons. The number of nitrogens with one attached hydrogen (secondary N) is 1. The van der Waals surface area contributed by atoms with Gasteiger partial charge in [0.2, 0.25) is 0 Å². The molecule has 20 heavy (non-hydrogen) atoms. The second-order valence-electron chi connectivity index (χ2n) is 5.40. The Bertz CT molecular complexity index is 451. The fourth-order valence-corrected chi connectivity index (χ4v) is 2.59. The molecule has 0 spiro atoms. The summed E-state index contributed by atoms with van der Waals surface area (Å²) >= 11 is 3.53. The highest BCUT2D eigenvalue weighted by Crippen LogP contribution is 2.38. The molecule has 0 aliphatic carbocycles. The Morgan fingerprint density at radius 2 is 2.05 bits per heavy atom. The fourth-order valence-electron chi connectivity index (χ4n) is 1.99. The Kier molecular flexibility index (Phi) is 5.69. The van der Waals surface area contributed by atoms with Crippen LogP contribution in [0, 0.1) is 5.92 Å². The number of ether oxygens (including phenoxy) is 2. The van der Waals surface area contributed by atoms with Crippen LogP contribution in [0.1, 0.15) is 25.8 Å². The minimum Gasteiger partial charge on any atom is -0.490 e. The van der Waals surface area contributed by atoms with Crippen molar-refractivity contribution in [2.75, 3.05) is 19.8 Å². The van der Waals surface area contributed by atoms with Crippen molar-refractivity contribution in [3.05, 3.63) is 22.2 Å². The van der Waals surface area contributed by atoms with Crippen molar-refractivity contribution >= 4 is 15.9 Å². The lowest BCUT2D eigenvalue weighted by atomic mass is 10.1. The highest BCUT2D eigenvalue weighted by Gasteiger charge is 2.15. The first-order chi connectivity index (χ1) is 9.58. The van der Waals surface area contributed by atoms with Gasteiger partial charge in [-0.25, -0.2) is 0 Å². The molecule has 0 saturated heterocycles. The van der Waals surface area contributed by atoms with Gasteiger partial charge < -0.3 is 19.9 Å². The van der Waals surface area contributed by atoms with Crippen molar-refractivity contribution in [2.24, 2.45) is 5.92 Å². The molecule has 1 atom stereocenters. The SMILES string of the molecule is CC(C)C(O)CNCc1cc(Br)c2c(c1)OCCCO2. The molecule has 0 saturated carbocycles. The molecule has 1 aliphatic rings. The van der Waals surface area contributed by atoms with Crippen LogP contribution in [0.15, 0.2) is 16.6 Å². The zero-order valence-corrected chi connectivity index (χ0v) is 13.6. The van der Waals surface area contributed by atoms with E-state index in [0.29, 0.717) is 26.3 Å². The van der Waals surface area contributed by atoms with Gasteiger partial charge >= 0.3 is 0 Å². The van der Waals surface area contributed by atoms with Crippen LogP contribution in [-0.2, 0) is 6.54 Å². The maximum atomic E-state index is 9.77. The molecule has 0 bridgehead atoms. The van der Waals surface area contributed by atoms with Crippen LogP contribution in [0.2, 0.25) is 0 Å². The van der Waals surface area contributed by atoms with Crippen LogP contribution < -0.4 is 14.8 Å². The molecule has 1 aromatic carbocycles. The zero-order chi connectivity index (χ0) is 14.5. The maximum Gasteiger partial charge on any atom is 0.175 e. The standard InChI is InChI=1S/C15H22BrNO3/c1-10(2)13(18)9-17-8-11-6-12(16)15-14(7-11)19-4-3-5-20-15/h6-7,10,13,17-18H,3-5,8-9H2,1-2H3. The summed E-state index contributed by atoms with van der Waals surface area (Å²) in [4.78, 5) is 0. The third kappa shape index (κ3) is 4.11. The first-order valence-corrected chi connectivity index (χ1v) is 7.84. The van der Waals surface area contributed by atoms with E-state index in [0.717, 1.165) is 28.0 Å². The van der Waals surface area contributed by atoms with E-state index in [1.807, 2.05) is 26.0 Å². The third-order valence-corrected chi connectivity index (χ3v) is 3.90. The third-order valence-electron chi connectivity index (χ3n) is 3.31. The monoisotopic (exact) mass is 343 g/mol. The van der Waals surface area contributed by atoms with Crippen LogP contribution in [-0.4, -0.2) is 31.0 Å². The van der Waals surface area contributed by atoms with Gasteiger partial charge in [0, 0.05) is 19.5 Å². The van der Waals surface area contributed by atoms with Crippen molar-refractivity contribution < 1.29 is 14.6 Å². The summed E-state index contributed by atoms with van der Waals surface area (Å²) in [5.41, 5.74) is 1.11. The number of aliphatic hydroxyl groups excluding tert-OH is 1. The van der Waals surface area contributed by atoms with Gasteiger partial charge in [-0.2, -0.15) is 0 Å². The average molecular weight is 344 g/mol. The molecule has 4 nitrogen and oxygen atoms in total. The number of fused-ring (bicyclic) bond motifs is 1. The van der Waals surface area contributed by atoms with E-state index in [4.69, 9.17) is 9.47 Å². The number of hydrogen-bond acceptors (Lipinski definition) is 4. The van der Waals surface area contributed by atoms with Gasteiger partial charge in [0.15, 0.2) is 11.5 Å². The van der Waals surface area contributed by atoms with E-state index in [-0.39, 0.29) is 12.0 Å². The highest BCUT2D eigenvalue weighted by atomic mass is 79.9. The molecule has 112 valence electrons. The van der Waals surface area contributed by atoms with Crippen LogP contribution in [0.4, 0.5) is 0 Å². The summed E-state index contributed by atoms with van der Waals surface area (Å²) in [5.74, 6) is 1.84. The molecule has 0 amide bonds. The lowest BCUT2D eigenvalue weighted by Gasteiger charge is -2.16. The Balaban J connectivity index is 1.99. The van der Waals surface area contributed by atoms with Crippen molar-refractivity contribution in [1.82, 2.24) is 5.32 Å². The van der Waals surface area contributed by atoms with Gasteiger partial charge in [0.1, 0.15) is 0 Å². The van der Waals surface area contributed by atoms with E-state index in [1.54, 1.807) is 0 Å². The minimum absolute atomic E-state index is 0.262. The first-order valence-electron chi connectivity index (χ1n) is 7.04. The van der Waals surface area contributed by atoms with E-state index in [9.17, 15) is 5.11 Å². The molecule has 1 aromatic rings. The van der Waals surface area contributed by atoms with Crippen molar-refractivity contribution in [1.29, 1.82) is 0 Å². The predicted molar refractivity (Wildman–Crippen MR) is 82.3 cm³/mol. The van der Waals surface area contributed by atoms with Crippen LogP contribution in [0.25, 0.3) is 0 Å². The first kappa shape index (κ1) is 15.6. The number of halogens is 1. The van der Waals surface area contributed by atoms with Crippen molar-refractivity contribution in [3.63, 3.8) is 0 Å². The Morgan fingerprint density at radius 1 is 1.30 bits per heavy atom. The largest absolute Gasteiger partial charge is 0.490 e. The summed E-state index contributed by atoms with van der Waals surface area (Å²) < 4.78 is 12.3. The summed E-state index contributed by atoms with van der Waals surface area (Å²) in [5, 5.41) is 13.0. The molecule has 0 fully saturated rings. The summed E-state index contributed by atoms with van der Waals surface area (Å²) in [7, 11) is 0. The molecule has 1 heterocycles. The molecule has 1 unspecified atom stereocenters. The Morgan fingerprint density at radius 3 is 2.80 bits per heavy atom. The second-order valence-corrected chi connectivity index (χ2v) is 6.25.